The molecule has 0 fully saturated rings. The third kappa shape index (κ3) is 3.99. The molecule has 0 saturated heterocycles. The first kappa shape index (κ1) is 14.9. The maximum atomic E-state index is 11.1. The van der Waals surface area contributed by atoms with Crippen LogP contribution in [0.25, 0.3) is 0 Å². The van der Waals surface area contributed by atoms with E-state index in [-0.39, 0.29) is 4.90 Å². The molecule has 20 heavy (non-hydrogen) atoms. The Hall–Kier alpha value is -1.51. The van der Waals surface area contributed by atoms with Crippen molar-refractivity contribution >= 4 is 31.8 Å². The maximum Gasteiger partial charge on any atom is 0.238 e. The molecule has 1 aromatic heterocycles. The zero-order valence-electron chi connectivity index (χ0n) is 10.5. The van der Waals surface area contributed by atoms with Crippen LogP contribution < -0.4 is 10.5 Å². The predicted octanol–water partition coefficient (Wildman–Crippen LogP) is 1.54. The zero-order chi connectivity index (χ0) is 14.6. The van der Waals surface area contributed by atoms with Crippen LogP contribution in [-0.2, 0) is 16.4 Å². The summed E-state index contributed by atoms with van der Waals surface area (Å²) in [6.07, 6.45) is 3.87. The highest BCUT2D eigenvalue weighted by molar-refractivity contribution is 9.10. The number of nitrogens with two attached hydrogens (primary N) is 1. The summed E-state index contributed by atoms with van der Waals surface area (Å²) < 4.78 is 23.0. The largest absolute Gasteiger partial charge is 0.369 e. The molecular formula is C12H13BrN4O2S. The van der Waals surface area contributed by atoms with Crippen molar-refractivity contribution in [2.45, 2.75) is 11.3 Å². The summed E-state index contributed by atoms with van der Waals surface area (Å²) in [5, 5.41) is 8.21. The molecule has 0 atom stereocenters. The van der Waals surface area contributed by atoms with Gasteiger partial charge in [-0.05, 0) is 40.0 Å². The summed E-state index contributed by atoms with van der Waals surface area (Å²) in [5.74, 6) is 0.723. The van der Waals surface area contributed by atoms with Gasteiger partial charge in [0.15, 0.2) is 0 Å². The maximum absolute atomic E-state index is 11.1. The molecule has 0 amide bonds. The molecular weight excluding hydrogens is 344 g/mol. The molecule has 0 aliphatic rings. The number of anilines is 1. The van der Waals surface area contributed by atoms with Crippen LogP contribution in [0, 0.1) is 0 Å². The molecule has 3 N–H and O–H groups in total. The molecule has 0 aliphatic heterocycles. The van der Waals surface area contributed by atoms with Gasteiger partial charge in [-0.25, -0.2) is 23.5 Å². The Kier molecular flexibility index (Phi) is 4.69. The van der Waals surface area contributed by atoms with E-state index >= 15 is 0 Å². The molecule has 0 unspecified atom stereocenters. The van der Waals surface area contributed by atoms with Gasteiger partial charge in [0, 0.05) is 12.7 Å². The number of halogens is 1. The van der Waals surface area contributed by atoms with Crippen molar-refractivity contribution in [1.82, 2.24) is 9.97 Å². The van der Waals surface area contributed by atoms with Crippen molar-refractivity contribution in [3.63, 3.8) is 0 Å². The summed E-state index contributed by atoms with van der Waals surface area (Å²) in [5.41, 5.74) is 1.01. The smallest absolute Gasteiger partial charge is 0.238 e. The van der Waals surface area contributed by atoms with E-state index in [1.165, 1.54) is 18.5 Å². The van der Waals surface area contributed by atoms with E-state index < -0.39 is 10.0 Å². The van der Waals surface area contributed by atoms with E-state index in [1.807, 2.05) is 0 Å². The molecule has 0 saturated carbocycles. The summed E-state index contributed by atoms with van der Waals surface area (Å²) in [6.45, 7) is 0.671. The standard InChI is InChI=1S/C12H13BrN4O2S/c13-11-7-15-8-17-12(11)16-6-5-9-1-3-10(4-2-9)20(14,18)19/h1-4,7-8H,5-6H2,(H2,14,18,19)(H,15,16,17). The number of nitrogens with zero attached hydrogens (tertiary/aromatic N) is 2. The highest BCUT2D eigenvalue weighted by Gasteiger charge is 2.06. The number of rotatable bonds is 5. The van der Waals surface area contributed by atoms with Crippen molar-refractivity contribution < 1.29 is 8.42 Å². The van der Waals surface area contributed by atoms with Crippen LogP contribution in [0.1, 0.15) is 5.56 Å². The second-order valence-electron chi connectivity index (χ2n) is 4.09. The average molecular weight is 357 g/mol. The first-order valence-electron chi connectivity index (χ1n) is 5.78. The highest BCUT2D eigenvalue weighted by atomic mass is 79.9. The molecule has 106 valence electrons. The molecule has 0 radical (unpaired) electrons. The van der Waals surface area contributed by atoms with E-state index in [4.69, 9.17) is 5.14 Å². The third-order valence-corrected chi connectivity index (χ3v) is 4.14. The third-order valence-electron chi connectivity index (χ3n) is 2.63. The van der Waals surface area contributed by atoms with Gasteiger partial charge in [0.25, 0.3) is 0 Å². The van der Waals surface area contributed by atoms with E-state index in [0.717, 1.165) is 22.3 Å². The van der Waals surface area contributed by atoms with Crippen molar-refractivity contribution in [3.8, 4) is 0 Å². The topological polar surface area (TPSA) is 98.0 Å². The average Bonchev–Trinajstić information content (AvgIpc) is 2.40. The van der Waals surface area contributed by atoms with Crippen molar-refractivity contribution in [2.24, 2.45) is 5.14 Å². The molecule has 6 nitrogen and oxygen atoms in total. The number of benzene rings is 1. The first-order chi connectivity index (χ1) is 9.47. The number of primary sulfonamides is 1. The Labute approximate surface area is 125 Å². The normalized spacial score (nSPS) is 11.3. The summed E-state index contributed by atoms with van der Waals surface area (Å²) in [7, 11) is -3.63. The van der Waals surface area contributed by atoms with Crippen LogP contribution in [0.2, 0.25) is 0 Å². The lowest BCUT2D eigenvalue weighted by atomic mass is 10.1. The molecule has 2 rings (SSSR count). The summed E-state index contributed by atoms with van der Waals surface area (Å²) in [4.78, 5) is 8.09. The van der Waals surface area contributed by atoms with E-state index in [9.17, 15) is 8.42 Å². The Bertz CT molecular complexity index is 689. The molecule has 0 spiro atoms. The van der Waals surface area contributed by atoms with Crippen molar-refractivity contribution in [2.75, 3.05) is 11.9 Å². The molecule has 1 heterocycles. The van der Waals surface area contributed by atoms with Crippen LogP contribution >= 0.6 is 15.9 Å². The number of sulfonamides is 1. The molecule has 8 heteroatoms. The van der Waals surface area contributed by atoms with Gasteiger partial charge in [-0.3, -0.25) is 0 Å². The quantitative estimate of drug-likeness (QED) is 0.846. The van der Waals surface area contributed by atoms with Crippen LogP contribution in [0.5, 0.6) is 0 Å². The Morgan fingerprint density at radius 2 is 1.95 bits per heavy atom. The zero-order valence-corrected chi connectivity index (χ0v) is 12.9. The van der Waals surface area contributed by atoms with Gasteiger partial charge >= 0.3 is 0 Å². The van der Waals surface area contributed by atoms with Crippen LogP contribution in [-0.4, -0.2) is 24.9 Å². The lowest BCUT2D eigenvalue weighted by molar-refractivity contribution is 0.598. The fourth-order valence-corrected chi connectivity index (χ4v) is 2.49. The minimum atomic E-state index is -3.63. The number of aromatic nitrogens is 2. The van der Waals surface area contributed by atoms with Gasteiger partial charge < -0.3 is 5.32 Å². The molecule has 0 aliphatic carbocycles. The molecule has 2 aromatic rings. The summed E-state index contributed by atoms with van der Waals surface area (Å²) in [6, 6.07) is 6.50. The molecule has 1 aromatic carbocycles. The van der Waals surface area contributed by atoms with Gasteiger partial charge in [0.2, 0.25) is 10.0 Å². The van der Waals surface area contributed by atoms with Gasteiger partial charge in [-0.2, -0.15) is 0 Å². The number of nitrogens with one attached hydrogen (secondary N) is 1. The lowest BCUT2D eigenvalue weighted by Gasteiger charge is -2.07. The SMILES string of the molecule is NS(=O)(=O)c1ccc(CCNc2ncncc2Br)cc1. The van der Waals surface area contributed by atoms with E-state index in [1.54, 1.807) is 18.3 Å². The second-order valence-corrected chi connectivity index (χ2v) is 6.50. The second kappa shape index (κ2) is 6.29. The Morgan fingerprint density at radius 3 is 2.55 bits per heavy atom. The van der Waals surface area contributed by atoms with Gasteiger partial charge in [0.05, 0.1) is 9.37 Å². The van der Waals surface area contributed by atoms with E-state index in [2.05, 4.69) is 31.2 Å². The van der Waals surface area contributed by atoms with Crippen molar-refractivity contribution in [1.29, 1.82) is 0 Å². The van der Waals surface area contributed by atoms with Crippen molar-refractivity contribution in [3.05, 3.63) is 46.8 Å². The fourth-order valence-electron chi connectivity index (χ4n) is 1.61. The summed E-state index contributed by atoms with van der Waals surface area (Å²) >= 11 is 3.35. The monoisotopic (exact) mass is 356 g/mol. The minimum absolute atomic E-state index is 0.118. The van der Waals surface area contributed by atoms with Crippen LogP contribution in [0.4, 0.5) is 5.82 Å². The number of hydrogen-bond acceptors (Lipinski definition) is 5. The fraction of sp³-hybridized carbons (Fsp3) is 0.167. The Balaban J connectivity index is 1.94. The van der Waals surface area contributed by atoms with Gasteiger partial charge in [0.1, 0.15) is 12.1 Å². The predicted molar refractivity (Wildman–Crippen MR) is 79.7 cm³/mol. The first-order valence-corrected chi connectivity index (χ1v) is 8.12. The van der Waals surface area contributed by atoms with Crippen LogP contribution in [0.3, 0.4) is 0 Å². The van der Waals surface area contributed by atoms with Crippen LogP contribution in [0.15, 0.2) is 46.2 Å². The van der Waals surface area contributed by atoms with Gasteiger partial charge in [-0.15, -0.1) is 0 Å². The highest BCUT2D eigenvalue weighted by Crippen LogP contribution is 2.17. The molecule has 0 bridgehead atoms. The lowest BCUT2D eigenvalue weighted by Crippen LogP contribution is -2.12. The minimum Gasteiger partial charge on any atom is -0.369 e. The van der Waals surface area contributed by atoms with Gasteiger partial charge in [-0.1, -0.05) is 12.1 Å². The Morgan fingerprint density at radius 1 is 1.25 bits per heavy atom. The number of hydrogen-bond donors (Lipinski definition) is 2. The van der Waals surface area contributed by atoms with E-state index in [0.29, 0.717) is 6.54 Å².